The summed E-state index contributed by atoms with van der Waals surface area (Å²) in [4.78, 5) is 13.2. The number of hydrogen-bond donors (Lipinski definition) is 1. The first-order valence-corrected chi connectivity index (χ1v) is 5.80. The highest BCUT2D eigenvalue weighted by Crippen LogP contribution is 2.32. The van der Waals surface area contributed by atoms with E-state index in [4.69, 9.17) is 5.11 Å². The molecular weight excluding hydrogens is 218 g/mol. The van der Waals surface area contributed by atoms with E-state index in [0.29, 0.717) is 12.8 Å². The summed E-state index contributed by atoms with van der Waals surface area (Å²) >= 11 is 0. The van der Waals surface area contributed by atoms with Crippen LogP contribution >= 0.6 is 0 Å². The van der Waals surface area contributed by atoms with E-state index in [0.717, 1.165) is 24.6 Å². The van der Waals surface area contributed by atoms with Crippen LogP contribution in [0.15, 0.2) is 12.1 Å². The van der Waals surface area contributed by atoms with Crippen LogP contribution in [0.2, 0.25) is 0 Å². The van der Waals surface area contributed by atoms with Crippen molar-refractivity contribution in [2.24, 2.45) is 5.41 Å². The molecule has 2 heterocycles. The van der Waals surface area contributed by atoms with Crippen LogP contribution in [0.25, 0.3) is 0 Å². The number of hydrogen-bond acceptors (Lipinski definition) is 4. The van der Waals surface area contributed by atoms with Gasteiger partial charge in [0.1, 0.15) is 0 Å². The molecule has 0 spiro atoms. The highest BCUT2D eigenvalue weighted by atomic mass is 16.4. The molecule has 2 rings (SSSR count). The molecule has 17 heavy (non-hydrogen) atoms. The van der Waals surface area contributed by atoms with Gasteiger partial charge < -0.3 is 10.0 Å². The first kappa shape index (κ1) is 11.8. The quantitative estimate of drug-likeness (QED) is 0.841. The average Bonchev–Trinajstić information content (AvgIpc) is 2.31. The van der Waals surface area contributed by atoms with Gasteiger partial charge in [0, 0.05) is 13.1 Å². The number of carbonyl (C=O) groups is 1. The standard InChI is InChI=1S/C12H17N3O2/c1-9-3-4-10(14-13-9)15-7-5-12(2,6-8-15)11(16)17/h3-4H,5-8H2,1-2H3,(H,16,17). The van der Waals surface area contributed by atoms with Crippen LogP contribution in [0.3, 0.4) is 0 Å². The fraction of sp³-hybridized carbons (Fsp3) is 0.583. The second-order valence-corrected chi connectivity index (χ2v) is 4.89. The molecule has 1 aliphatic rings. The van der Waals surface area contributed by atoms with Crippen molar-refractivity contribution in [2.45, 2.75) is 26.7 Å². The fourth-order valence-electron chi connectivity index (χ4n) is 2.00. The van der Waals surface area contributed by atoms with Crippen molar-refractivity contribution in [1.82, 2.24) is 10.2 Å². The molecule has 0 radical (unpaired) electrons. The Hall–Kier alpha value is -1.65. The summed E-state index contributed by atoms with van der Waals surface area (Å²) in [5.74, 6) is 0.134. The van der Waals surface area contributed by atoms with Gasteiger partial charge in [-0.2, -0.15) is 5.10 Å². The van der Waals surface area contributed by atoms with E-state index >= 15 is 0 Å². The van der Waals surface area contributed by atoms with E-state index < -0.39 is 11.4 Å². The summed E-state index contributed by atoms with van der Waals surface area (Å²) in [5, 5.41) is 17.3. The van der Waals surface area contributed by atoms with E-state index in [1.807, 2.05) is 26.0 Å². The average molecular weight is 235 g/mol. The minimum atomic E-state index is -0.702. The number of nitrogens with zero attached hydrogens (tertiary/aromatic N) is 3. The van der Waals surface area contributed by atoms with Crippen LogP contribution in [0.4, 0.5) is 5.82 Å². The van der Waals surface area contributed by atoms with Gasteiger partial charge >= 0.3 is 5.97 Å². The van der Waals surface area contributed by atoms with Crippen LogP contribution < -0.4 is 4.90 Å². The van der Waals surface area contributed by atoms with Crippen LogP contribution in [0.1, 0.15) is 25.5 Å². The Morgan fingerprint density at radius 3 is 2.47 bits per heavy atom. The van der Waals surface area contributed by atoms with Crippen molar-refractivity contribution in [3.05, 3.63) is 17.8 Å². The zero-order valence-electron chi connectivity index (χ0n) is 10.2. The van der Waals surface area contributed by atoms with Gasteiger partial charge in [-0.1, -0.05) is 0 Å². The topological polar surface area (TPSA) is 66.3 Å². The van der Waals surface area contributed by atoms with Gasteiger partial charge in [-0.05, 0) is 38.8 Å². The first-order chi connectivity index (χ1) is 8.01. The van der Waals surface area contributed by atoms with Gasteiger partial charge in [-0.3, -0.25) is 4.79 Å². The molecule has 1 aromatic heterocycles. The highest BCUT2D eigenvalue weighted by Gasteiger charge is 2.37. The molecule has 0 saturated carbocycles. The Labute approximate surface area is 100 Å². The molecule has 0 unspecified atom stereocenters. The lowest BCUT2D eigenvalue weighted by Crippen LogP contribution is -2.43. The van der Waals surface area contributed by atoms with Crippen molar-refractivity contribution in [1.29, 1.82) is 0 Å². The third-order valence-electron chi connectivity index (χ3n) is 3.49. The lowest BCUT2D eigenvalue weighted by atomic mass is 9.80. The van der Waals surface area contributed by atoms with Crippen molar-refractivity contribution >= 4 is 11.8 Å². The fourth-order valence-corrected chi connectivity index (χ4v) is 2.00. The van der Waals surface area contributed by atoms with Crippen LogP contribution in [0, 0.1) is 12.3 Å². The second kappa shape index (κ2) is 4.31. The maximum absolute atomic E-state index is 11.1. The normalized spacial score (nSPS) is 19.1. The number of aryl methyl sites for hydroxylation is 1. The monoisotopic (exact) mass is 235 g/mol. The van der Waals surface area contributed by atoms with E-state index in [-0.39, 0.29) is 0 Å². The SMILES string of the molecule is Cc1ccc(N2CCC(C)(C(=O)O)CC2)nn1. The molecule has 0 bridgehead atoms. The number of rotatable bonds is 2. The van der Waals surface area contributed by atoms with E-state index in [1.54, 1.807) is 0 Å². The van der Waals surface area contributed by atoms with Gasteiger partial charge in [0.2, 0.25) is 0 Å². The Bertz CT molecular complexity index is 408. The molecule has 1 aromatic rings. The van der Waals surface area contributed by atoms with Crippen molar-refractivity contribution < 1.29 is 9.90 Å². The highest BCUT2D eigenvalue weighted by molar-refractivity contribution is 5.74. The summed E-state index contributed by atoms with van der Waals surface area (Å²) in [5.41, 5.74) is 0.301. The molecule has 5 heteroatoms. The minimum absolute atomic E-state index is 0.589. The molecule has 1 aliphatic heterocycles. The molecule has 0 amide bonds. The van der Waals surface area contributed by atoms with Gasteiger partial charge in [0.05, 0.1) is 11.1 Å². The summed E-state index contributed by atoms with van der Waals surface area (Å²) < 4.78 is 0. The van der Waals surface area contributed by atoms with Crippen LogP contribution in [-0.4, -0.2) is 34.4 Å². The van der Waals surface area contributed by atoms with E-state index in [9.17, 15) is 4.79 Å². The molecule has 0 atom stereocenters. The third kappa shape index (κ3) is 2.38. The molecule has 1 N–H and O–H groups in total. The Kier molecular flexibility index (Phi) is 3.00. The van der Waals surface area contributed by atoms with Crippen LogP contribution in [-0.2, 0) is 4.79 Å². The lowest BCUT2D eigenvalue weighted by Gasteiger charge is -2.36. The van der Waals surface area contributed by atoms with Crippen molar-refractivity contribution in [3.8, 4) is 0 Å². The number of carboxylic acids is 1. The maximum atomic E-state index is 11.1. The third-order valence-corrected chi connectivity index (χ3v) is 3.49. The first-order valence-electron chi connectivity index (χ1n) is 5.80. The van der Waals surface area contributed by atoms with E-state index in [2.05, 4.69) is 15.1 Å². The number of aromatic nitrogens is 2. The number of piperidine rings is 1. The lowest BCUT2D eigenvalue weighted by molar-refractivity contribution is -0.149. The summed E-state index contributed by atoms with van der Waals surface area (Å²) in [6, 6.07) is 3.86. The van der Waals surface area contributed by atoms with Gasteiger partial charge in [0.15, 0.2) is 5.82 Å². The van der Waals surface area contributed by atoms with Gasteiger partial charge in [-0.15, -0.1) is 5.10 Å². The summed E-state index contributed by atoms with van der Waals surface area (Å²) in [7, 11) is 0. The minimum Gasteiger partial charge on any atom is -0.481 e. The number of anilines is 1. The Morgan fingerprint density at radius 1 is 1.35 bits per heavy atom. The molecule has 0 aliphatic carbocycles. The Morgan fingerprint density at radius 2 is 2.00 bits per heavy atom. The number of carboxylic acid groups (broad SMARTS) is 1. The second-order valence-electron chi connectivity index (χ2n) is 4.89. The molecule has 1 saturated heterocycles. The molecule has 1 fully saturated rings. The van der Waals surface area contributed by atoms with Gasteiger partial charge in [0.25, 0.3) is 0 Å². The molecule has 92 valence electrons. The molecular formula is C12H17N3O2. The van der Waals surface area contributed by atoms with Crippen molar-refractivity contribution in [3.63, 3.8) is 0 Å². The van der Waals surface area contributed by atoms with Gasteiger partial charge in [-0.25, -0.2) is 0 Å². The molecule has 0 aromatic carbocycles. The zero-order chi connectivity index (χ0) is 12.5. The largest absolute Gasteiger partial charge is 0.481 e. The summed E-state index contributed by atoms with van der Waals surface area (Å²) in [6.07, 6.45) is 1.30. The van der Waals surface area contributed by atoms with E-state index in [1.165, 1.54) is 0 Å². The predicted octanol–water partition coefficient (Wildman–Crippen LogP) is 1.48. The Balaban J connectivity index is 2.04. The maximum Gasteiger partial charge on any atom is 0.309 e. The summed E-state index contributed by atoms with van der Waals surface area (Å²) in [6.45, 7) is 5.16. The predicted molar refractivity (Wildman–Crippen MR) is 64.0 cm³/mol. The zero-order valence-corrected chi connectivity index (χ0v) is 10.2. The molecule has 5 nitrogen and oxygen atoms in total. The smallest absolute Gasteiger partial charge is 0.309 e. The van der Waals surface area contributed by atoms with Crippen LogP contribution in [0.5, 0.6) is 0 Å². The van der Waals surface area contributed by atoms with Crippen molar-refractivity contribution in [2.75, 3.05) is 18.0 Å². The number of aliphatic carboxylic acids is 1.